The molecule has 4 rings (SSSR count). The predicted octanol–water partition coefficient (Wildman–Crippen LogP) is 3.83. The van der Waals surface area contributed by atoms with Gasteiger partial charge in [-0.15, -0.1) is 0 Å². The summed E-state index contributed by atoms with van der Waals surface area (Å²) in [5.74, 6) is -1.35. The van der Waals surface area contributed by atoms with Gasteiger partial charge >= 0.3 is 0 Å². The van der Waals surface area contributed by atoms with E-state index in [4.69, 9.17) is 10.5 Å². The van der Waals surface area contributed by atoms with Crippen LogP contribution in [0.15, 0.2) is 60.8 Å². The van der Waals surface area contributed by atoms with E-state index in [9.17, 15) is 14.8 Å². The second-order valence-electron chi connectivity index (χ2n) is 7.86. The van der Waals surface area contributed by atoms with Gasteiger partial charge in [0, 0.05) is 17.5 Å². The number of hydroxylamine groups is 1. The van der Waals surface area contributed by atoms with Crippen LogP contribution in [0.4, 0.5) is 5.69 Å². The van der Waals surface area contributed by atoms with Crippen molar-refractivity contribution in [1.29, 1.82) is 0 Å². The number of aromatic nitrogens is 1. The van der Waals surface area contributed by atoms with Gasteiger partial charge in [0.25, 0.3) is 5.91 Å². The summed E-state index contributed by atoms with van der Waals surface area (Å²) in [4.78, 5) is 28.7. The van der Waals surface area contributed by atoms with Gasteiger partial charge in [-0.2, -0.15) is 5.06 Å². The molecule has 2 unspecified atom stereocenters. The molecule has 0 radical (unpaired) electrons. The highest BCUT2D eigenvalue weighted by Crippen LogP contribution is 2.32. The Morgan fingerprint density at radius 1 is 1.06 bits per heavy atom. The zero-order valence-corrected chi connectivity index (χ0v) is 17.1. The van der Waals surface area contributed by atoms with Gasteiger partial charge in [0.2, 0.25) is 5.91 Å². The molecule has 0 spiro atoms. The van der Waals surface area contributed by atoms with Gasteiger partial charge in [-0.3, -0.25) is 19.8 Å². The van der Waals surface area contributed by atoms with E-state index in [1.165, 1.54) is 0 Å². The van der Waals surface area contributed by atoms with Crippen molar-refractivity contribution < 1.29 is 19.5 Å². The first-order valence-electron chi connectivity index (χ1n) is 10.4. The molecule has 1 aliphatic rings. The van der Waals surface area contributed by atoms with Crippen molar-refractivity contribution in [2.75, 3.05) is 5.06 Å². The van der Waals surface area contributed by atoms with Gasteiger partial charge in [0.05, 0.1) is 17.1 Å². The standard InChI is InChI=1S/C24H25N3O4/c25-23(28)20-5-1-2-6-21(20)24(29)27(30)18-9-7-16(8-10-18)15-31-19-11-12-22-17(14-19)4-3-13-26-22/h3-4,7-14,20-21,30H,1-2,5-6,15H2,(H2,25,28). The molecule has 3 N–H and O–H groups in total. The molecule has 1 fully saturated rings. The highest BCUT2D eigenvalue weighted by atomic mass is 16.5. The van der Waals surface area contributed by atoms with Gasteiger partial charge in [0.15, 0.2) is 0 Å². The quantitative estimate of drug-likeness (QED) is 0.467. The van der Waals surface area contributed by atoms with Crippen LogP contribution in [0.5, 0.6) is 5.75 Å². The number of ether oxygens (including phenoxy) is 1. The summed E-state index contributed by atoms with van der Waals surface area (Å²) in [6.45, 7) is 0.345. The first-order valence-corrected chi connectivity index (χ1v) is 10.4. The molecule has 2 atom stereocenters. The maximum Gasteiger partial charge on any atom is 0.254 e. The summed E-state index contributed by atoms with van der Waals surface area (Å²) in [5.41, 5.74) is 7.60. The maximum absolute atomic E-state index is 12.8. The van der Waals surface area contributed by atoms with E-state index in [1.807, 2.05) is 30.3 Å². The molecular weight excluding hydrogens is 394 g/mol. The fourth-order valence-electron chi connectivity index (χ4n) is 4.09. The number of fused-ring (bicyclic) bond motifs is 1. The Labute approximate surface area is 180 Å². The Bertz CT molecular complexity index is 1080. The number of hydrogen-bond acceptors (Lipinski definition) is 5. The van der Waals surface area contributed by atoms with Crippen molar-refractivity contribution in [2.24, 2.45) is 17.6 Å². The lowest BCUT2D eigenvalue weighted by Gasteiger charge is -2.30. The van der Waals surface area contributed by atoms with E-state index in [0.29, 0.717) is 30.2 Å². The number of pyridine rings is 1. The fraction of sp³-hybridized carbons (Fsp3) is 0.292. The molecule has 2 amide bonds. The van der Waals surface area contributed by atoms with Crippen molar-refractivity contribution in [3.63, 3.8) is 0 Å². The molecule has 31 heavy (non-hydrogen) atoms. The largest absolute Gasteiger partial charge is 0.489 e. The normalized spacial score (nSPS) is 18.5. The summed E-state index contributed by atoms with van der Waals surface area (Å²) in [6, 6.07) is 16.5. The number of nitrogens with two attached hydrogens (primary N) is 1. The minimum atomic E-state index is -0.582. The van der Waals surface area contributed by atoms with Gasteiger partial charge in [-0.1, -0.05) is 31.0 Å². The molecule has 1 aromatic heterocycles. The number of amides is 2. The van der Waals surface area contributed by atoms with Crippen molar-refractivity contribution in [1.82, 2.24) is 4.98 Å². The summed E-state index contributed by atoms with van der Waals surface area (Å²) in [6.07, 6.45) is 4.60. The van der Waals surface area contributed by atoms with Crippen LogP contribution >= 0.6 is 0 Å². The minimum absolute atomic E-state index is 0.345. The average molecular weight is 419 g/mol. The molecule has 160 valence electrons. The van der Waals surface area contributed by atoms with Gasteiger partial charge in [-0.05, 0) is 54.8 Å². The van der Waals surface area contributed by atoms with Crippen LogP contribution in [0, 0.1) is 11.8 Å². The average Bonchev–Trinajstić information content (AvgIpc) is 2.82. The van der Waals surface area contributed by atoms with Crippen LogP contribution in [0.25, 0.3) is 10.9 Å². The van der Waals surface area contributed by atoms with Crippen LogP contribution in [0.1, 0.15) is 31.2 Å². The number of anilines is 1. The van der Waals surface area contributed by atoms with Gasteiger partial charge in [0.1, 0.15) is 12.4 Å². The molecular formula is C24H25N3O4. The molecule has 7 nitrogen and oxygen atoms in total. The van der Waals surface area contributed by atoms with Crippen LogP contribution in [-0.4, -0.2) is 22.0 Å². The molecule has 1 saturated carbocycles. The zero-order valence-electron chi connectivity index (χ0n) is 17.1. The number of nitrogens with zero attached hydrogens (tertiary/aromatic N) is 2. The lowest BCUT2D eigenvalue weighted by Crippen LogP contribution is -2.43. The monoisotopic (exact) mass is 419 g/mol. The molecule has 0 bridgehead atoms. The molecule has 7 heteroatoms. The second kappa shape index (κ2) is 9.14. The van der Waals surface area contributed by atoms with Crippen molar-refractivity contribution in [3.05, 3.63) is 66.4 Å². The van der Waals surface area contributed by atoms with Crippen molar-refractivity contribution in [2.45, 2.75) is 32.3 Å². The van der Waals surface area contributed by atoms with Crippen LogP contribution in [0.3, 0.4) is 0 Å². The minimum Gasteiger partial charge on any atom is -0.489 e. The van der Waals surface area contributed by atoms with Crippen molar-refractivity contribution in [3.8, 4) is 5.75 Å². The predicted molar refractivity (Wildman–Crippen MR) is 116 cm³/mol. The smallest absolute Gasteiger partial charge is 0.254 e. The number of primary amides is 1. The van der Waals surface area contributed by atoms with Crippen LogP contribution < -0.4 is 15.5 Å². The number of rotatable bonds is 6. The Kier molecular flexibility index (Phi) is 6.13. The van der Waals surface area contributed by atoms with Crippen LogP contribution in [-0.2, 0) is 16.2 Å². The van der Waals surface area contributed by atoms with Gasteiger partial charge in [-0.25, -0.2) is 0 Å². The van der Waals surface area contributed by atoms with E-state index < -0.39 is 23.7 Å². The summed E-state index contributed by atoms with van der Waals surface area (Å²) in [5, 5.41) is 12.1. The Morgan fingerprint density at radius 2 is 1.81 bits per heavy atom. The van der Waals surface area contributed by atoms with E-state index >= 15 is 0 Å². The van der Waals surface area contributed by atoms with E-state index in [-0.39, 0.29) is 0 Å². The molecule has 1 heterocycles. The Hall–Kier alpha value is -3.45. The summed E-state index contributed by atoms with van der Waals surface area (Å²) in [7, 11) is 0. The Morgan fingerprint density at radius 3 is 2.55 bits per heavy atom. The maximum atomic E-state index is 12.8. The first-order chi connectivity index (χ1) is 15.0. The summed E-state index contributed by atoms with van der Waals surface area (Å²) < 4.78 is 5.86. The lowest BCUT2D eigenvalue weighted by atomic mass is 9.78. The fourth-order valence-corrected chi connectivity index (χ4v) is 4.09. The topological polar surface area (TPSA) is 106 Å². The highest BCUT2D eigenvalue weighted by molar-refractivity contribution is 5.96. The molecule has 0 saturated heterocycles. The van der Waals surface area contributed by atoms with Gasteiger partial charge < -0.3 is 10.5 Å². The second-order valence-corrected chi connectivity index (χ2v) is 7.86. The van der Waals surface area contributed by atoms with E-state index in [2.05, 4.69) is 4.98 Å². The number of hydrogen-bond donors (Lipinski definition) is 2. The zero-order chi connectivity index (χ0) is 21.8. The Balaban J connectivity index is 1.39. The molecule has 0 aliphatic heterocycles. The third-order valence-electron chi connectivity index (χ3n) is 5.82. The lowest BCUT2D eigenvalue weighted by molar-refractivity contribution is -0.136. The first kappa shape index (κ1) is 20.8. The molecule has 1 aliphatic carbocycles. The SMILES string of the molecule is NC(=O)C1CCCCC1C(=O)N(O)c1ccc(COc2ccc3ncccc3c2)cc1. The third kappa shape index (κ3) is 4.67. The van der Waals surface area contributed by atoms with E-state index in [1.54, 1.807) is 30.5 Å². The third-order valence-corrected chi connectivity index (χ3v) is 5.82. The molecule has 3 aromatic rings. The van der Waals surface area contributed by atoms with E-state index in [0.717, 1.165) is 35.1 Å². The van der Waals surface area contributed by atoms with Crippen molar-refractivity contribution >= 4 is 28.4 Å². The summed E-state index contributed by atoms with van der Waals surface area (Å²) >= 11 is 0. The number of carbonyl (C=O) groups excluding carboxylic acids is 2. The highest BCUT2D eigenvalue weighted by Gasteiger charge is 2.37. The number of carbonyl (C=O) groups is 2. The number of benzene rings is 2. The molecule has 2 aromatic carbocycles. The van der Waals surface area contributed by atoms with Crippen LogP contribution in [0.2, 0.25) is 0 Å².